The van der Waals surface area contributed by atoms with Crippen molar-refractivity contribution in [3.63, 3.8) is 0 Å². The summed E-state index contributed by atoms with van der Waals surface area (Å²) in [6, 6.07) is 8.38. The molecule has 2 aromatic heterocycles. The summed E-state index contributed by atoms with van der Waals surface area (Å²) in [7, 11) is 4.43. The van der Waals surface area contributed by atoms with Gasteiger partial charge in [0.1, 0.15) is 0 Å². The van der Waals surface area contributed by atoms with Crippen molar-refractivity contribution < 1.29 is 40.5 Å². The van der Waals surface area contributed by atoms with Gasteiger partial charge in [0.25, 0.3) is 5.56 Å². The Morgan fingerprint density at radius 2 is 1.67 bits per heavy atom. The van der Waals surface area contributed by atoms with E-state index in [9.17, 15) is 14.4 Å². The number of imidazole rings is 1. The maximum absolute atomic E-state index is 12.2. The van der Waals surface area contributed by atoms with Crippen molar-refractivity contribution in [3.8, 4) is 6.01 Å². The number of benzene rings is 1. The predicted octanol–water partition coefficient (Wildman–Crippen LogP) is -2.69. The first-order valence-corrected chi connectivity index (χ1v) is 6.81. The summed E-state index contributed by atoms with van der Waals surface area (Å²) in [5.41, 5.74) is -0.287. The van der Waals surface area contributed by atoms with Crippen molar-refractivity contribution in [2.75, 3.05) is 0 Å². The molecule has 0 saturated carbocycles. The van der Waals surface area contributed by atoms with E-state index in [0.717, 1.165) is 4.57 Å². The topological polar surface area (TPSA) is 88.1 Å². The van der Waals surface area contributed by atoms with Crippen molar-refractivity contribution >= 4 is 17.1 Å². The summed E-state index contributed by atoms with van der Waals surface area (Å²) in [6.45, 7) is 0. The summed E-state index contributed by atoms with van der Waals surface area (Å²) in [5.74, 6) is -0.592. The van der Waals surface area contributed by atoms with Crippen LogP contribution in [-0.2, 0) is 21.1 Å². The number of fused-ring (bicyclic) bond motifs is 1. The molecule has 8 nitrogen and oxygen atoms in total. The predicted molar refractivity (Wildman–Crippen MR) is 83.7 cm³/mol. The number of rotatable bonds is 2. The van der Waals surface area contributed by atoms with Crippen LogP contribution in [0, 0.1) is 0 Å². The van der Waals surface area contributed by atoms with Gasteiger partial charge in [-0.15, -0.1) is 0 Å². The van der Waals surface area contributed by atoms with E-state index in [2.05, 4.69) is 4.98 Å². The van der Waals surface area contributed by atoms with Crippen LogP contribution in [0.5, 0.6) is 6.01 Å². The molecule has 0 radical (unpaired) electrons. The van der Waals surface area contributed by atoms with E-state index in [1.165, 1.54) is 23.2 Å². The number of ether oxygens (including phenoxy) is 1. The second-order valence-corrected chi connectivity index (χ2v) is 5.09. The summed E-state index contributed by atoms with van der Waals surface area (Å²) in [6.07, 6.45) is 0. The third-order valence-corrected chi connectivity index (χ3v) is 3.63. The molecule has 0 bridgehead atoms. The molecule has 0 aliphatic carbocycles. The molecular formula is C15H15N4NaO4. The molecular weight excluding hydrogens is 323 g/mol. The van der Waals surface area contributed by atoms with Crippen LogP contribution in [0.1, 0.15) is 11.8 Å². The second kappa shape index (κ2) is 6.76. The number of aromatic nitrogens is 4. The maximum Gasteiger partial charge on any atom is 1.00 e. The van der Waals surface area contributed by atoms with Crippen molar-refractivity contribution in [1.29, 1.82) is 0 Å². The molecule has 9 heteroatoms. The van der Waals surface area contributed by atoms with E-state index in [0.29, 0.717) is 5.56 Å². The van der Waals surface area contributed by atoms with Crippen LogP contribution in [0.25, 0.3) is 11.2 Å². The average molecular weight is 338 g/mol. The summed E-state index contributed by atoms with van der Waals surface area (Å²) in [5, 5.41) is 0. The van der Waals surface area contributed by atoms with Gasteiger partial charge in [0.05, 0.1) is 5.56 Å². The third-order valence-electron chi connectivity index (χ3n) is 3.63. The minimum atomic E-state index is -0.592. The quantitative estimate of drug-likeness (QED) is 0.375. The van der Waals surface area contributed by atoms with Gasteiger partial charge in [-0.05, 0) is 12.1 Å². The summed E-state index contributed by atoms with van der Waals surface area (Å²) >= 11 is 0. The van der Waals surface area contributed by atoms with E-state index >= 15 is 0 Å². The number of esters is 1. The van der Waals surface area contributed by atoms with Crippen LogP contribution >= 0.6 is 0 Å². The molecule has 0 aliphatic heterocycles. The van der Waals surface area contributed by atoms with Crippen molar-refractivity contribution in [3.05, 3.63) is 56.7 Å². The molecule has 0 spiro atoms. The van der Waals surface area contributed by atoms with Crippen molar-refractivity contribution in [2.45, 2.75) is 0 Å². The van der Waals surface area contributed by atoms with E-state index in [-0.39, 0.29) is 48.2 Å². The Kier molecular flexibility index (Phi) is 5.12. The Morgan fingerprint density at radius 3 is 2.29 bits per heavy atom. The van der Waals surface area contributed by atoms with E-state index in [4.69, 9.17) is 4.74 Å². The number of hydrogen-bond donors (Lipinski definition) is 0. The molecule has 24 heavy (non-hydrogen) atoms. The first kappa shape index (κ1) is 18.2. The first-order chi connectivity index (χ1) is 10.9. The number of hydrogen-bond acceptors (Lipinski definition) is 5. The van der Waals surface area contributed by atoms with Gasteiger partial charge in [0.2, 0.25) is 0 Å². The normalized spacial score (nSPS) is 10.5. The third kappa shape index (κ3) is 2.83. The number of carbonyl (C=O) groups is 1. The molecule has 0 aliphatic rings. The smallest absolute Gasteiger partial charge is 1.00 e. The average Bonchev–Trinajstić information content (AvgIpc) is 2.88. The summed E-state index contributed by atoms with van der Waals surface area (Å²) < 4.78 is 8.83. The molecule has 0 unspecified atom stereocenters. The van der Waals surface area contributed by atoms with E-state index < -0.39 is 17.2 Å². The Balaban J connectivity index is 0.00000156. The van der Waals surface area contributed by atoms with Gasteiger partial charge in [0.15, 0.2) is 11.2 Å². The van der Waals surface area contributed by atoms with Crippen LogP contribution in [-0.4, -0.2) is 24.7 Å². The monoisotopic (exact) mass is 338 g/mol. The fraction of sp³-hybridized carbons (Fsp3) is 0.200. The van der Waals surface area contributed by atoms with Crippen LogP contribution in [0.15, 0.2) is 39.9 Å². The van der Waals surface area contributed by atoms with Gasteiger partial charge in [-0.3, -0.25) is 18.5 Å². The molecule has 0 fully saturated rings. The molecule has 2 heterocycles. The zero-order valence-corrected chi connectivity index (χ0v) is 15.8. The standard InChI is InChI=1S/C15H14N4O4.Na.H/c1-17-10-11(18(2)15(22)19(3)12(10)20)16-14(17)23-13(21)9-7-5-4-6-8-9;;/h4-8H,1-3H3;;/q;+1;-1. The Labute approximate surface area is 160 Å². The minimum Gasteiger partial charge on any atom is -1.00 e. The number of nitrogens with zero attached hydrogens (tertiary/aromatic N) is 4. The van der Waals surface area contributed by atoms with Gasteiger partial charge in [0, 0.05) is 21.1 Å². The van der Waals surface area contributed by atoms with Gasteiger partial charge >= 0.3 is 47.2 Å². The molecule has 0 atom stereocenters. The molecule has 120 valence electrons. The largest absolute Gasteiger partial charge is 1.00 e. The van der Waals surface area contributed by atoms with Gasteiger partial charge in [-0.1, -0.05) is 18.2 Å². The van der Waals surface area contributed by atoms with Crippen LogP contribution in [0.2, 0.25) is 0 Å². The van der Waals surface area contributed by atoms with E-state index in [1.807, 2.05) is 0 Å². The molecule has 1 aromatic carbocycles. The number of carbonyl (C=O) groups excluding carboxylic acids is 1. The van der Waals surface area contributed by atoms with Gasteiger partial charge in [-0.2, -0.15) is 4.98 Å². The molecule has 3 aromatic rings. The van der Waals surface area contributed by atoms with Crippen LogP contribution < -0.4 is 45.5 Å². The molecule has 3 rings (SSSR count). The zero-order chi connectivity index (χ0) is 16.7. The Bertz CT molecular complexity index is 1040. The minimum absolute atomic E-state index is 0. The van der Waals surface area contributed by atoms with Crippen molar-refractivity contribution in [1.82, 2.24) is 18.7 Å². The molecule has 0 N–H and O–H groups in total. The molecule has 0 saturated heterocycles. The van der Waals surface area contributed by atoms with Gasteiger partial charge < -0.3 is 6.16 Å². The van der Waals surface area contributed by atoms with Crippen molar-refractivity contribution in [2.24, 2.45) is 21.1 Å². The Morgan fingerprint density at radius 1 is 1.04 bits per heavy atom. The molecule has 0 amide bonds. The SMILES string of the molecule is Cn1c(=O)c2c(nc(OC(=O)c3ccccc3)n2C)n(C)c1=O.[H-].[Na+]. The van der Waals surface area contributed by atoms with Crippen LogP contribution in [0.3, 0.4) is 0 Å². The first-order valence-electron chi connectivity index (χ1n) is 6.81. The Hall–Kier alpha value is -2.16. The number of aryl methyl sites for hydroxylation is 2. The van der Waals surface area contributed by atoms with Gasteiger partial charge in [-0.25, -0.2) is 9.59 Å². The fourth-order valence-electron chi connectivity index (χ4n) is 2.31. The fourth-order valence-corrected chi connectivity index (χ4v) is 2.31. The maximum atomic E-state index is 12.2. The zero-order valence-electron chi connectivity index (χ0n) is 14.8. The summed E-state index contributed by atoms with van der Waals surface area (Å²) in [4.78, 5) is 40.4. The van der Waals surface area contributed by atoms with Crippen LogP contribution in [0.4, 0.5) is 0 Å². The second-order valence-electron chi connectivity index (χ2n) is 5.09. The van der Waals surface area contributed by atoms with E-state index in [1.54, 1.807) is 37.4 Å².